The molecule has 8 saturated heterocycles. The predicted octanol–water partition coefficient (Wildman–Crippen LogP) is 11.4. The monoisotopic (exact) mass is 1670 g/mol. The lowest BCUT2D eigenvalue weighted by molar-refractivity contribution is -0.134. The zero-order chi connectivity index (χ0) is 84.9. The van der Waals surface area contributed by atoms with E-state index in [9.17, 15) is 30.2 Å². The summed E-state index contributed by atoms with van der Waals surface area (Å²) in [5.74, 6) is 5.72. The Hall–Kier alpha value is -13.3. The summed E-state index contributed by atoms with van der Waals surface area (Å²) in [4.78, 5) is 83.6. The number of rotatable bonds is 28. The molecular formula is C94H101N21O9. The van der Waals surface area contributed by atoms with Crippen LogP contribution in [-0.2, 0) is 23.8 Å². The molecule has 30 heteroatoms. The number of piperidine rings is 1. The van der Waals surface area contributed by atoms with E-state index in [2.05, 4.69) is 177 Å². The Morgan fingerprint density at radius 1 is 0.476 bits per heavy atom. The molecule has 2 amide bonds. The lowest BCUT2D eigenvalue weighted by Crippen LogP contribution is -2.56. The van der Waals surface area contributed by atoms with Gasteiger partial charge in [0.05, 0.1) is 94.3 Å². The average molecular weight is 1670 g/mol. The summed E-state index contributed by atoms with van der Waals surface area (Å²) in [5.41, 5.74) is 10.5. The minimum Gasteiger partial charge on any atom is -0.492 e. The van der Waals surface area contributed by atoms with Gasteiger partial charge >= 0.3 is 0 Å². The van der Waals surface area contributed by atoms with Gasteiger partial charge in [-0.2, -0.15) is 15.8 Å². The highest BCUT2D eigenvalue weighted by Crippen LogP contribution is 2.34. The Bertz CT molecular complexity index is 5430. The van der Waals surface area contributed by atoms with Crippen molar-refractivity contribution in [2.24, 2.45) is 11.8 Å². The molecule has 0 spiro atoms. The zero-order valence-electron chi connectivity index (χ0n) is 69.6. The van der Waals surface area contributed by atoms with Crippen molar-refractivity contribution in [1.82, 2.24) is 59.8 Å². The van der Waals surface area contributed by atoms with Crippen LogP contribution < -0.4 is 50.2 Å². The van der Waals surface area contributed by atoms with Gasteiger partial charge in [0.1, 0.15) is 52.9 Å². The first kappa shape index (κ1) is 84.4. The molecule has 0 aliphatic carbocycles. The zero-order valence-corrected chi connectivity index (χ0v) is 69.6. The van der Waals surface area contributed by atoms with E-state index in [1.54, 1.807) is 84.4 Å². The summed E-state index contributed by atoms with van der Waals surface area (Å²) >= 11 is 0. The van der Waals surface area contributed by atoms with Gasteiger partial charge in [-0.05, 0) is 183 Å². The average Bonchev–Trinajstić information content (AvgIpc) is 1.06. The Balaban J connectivity index is 0.000000138. The van der Waals surface area contributed by atoms with Gasteiger partial charge in [-0.25, -0.2) is 29.9 Å². The van der Waals surface area contributed by atoms with Crippen molar-refractivity contribution >= 4 is 69.2 Å². The molecule has 8 fully saturated rings. The molecule has 4 aromatic heterocycles. The van der Waals surface area contributed by atoms with Crippen LogP contribution in [0.2, 0.25) is 0 Å². The molecule has 8 aliphatic heterocycles. The molecular weight excluding hydrogens is 1570 g/mol. The normalized spacial score (nSPS) is 18.2. The Morgan fingerprint density at radius 3 is 1.25 bits per heavy atom. The first-order chi connectivity index (χ1) is 60.8. The molecule has 30 nitrogen and oxygen atoms in total. The van der Waals surface area contributed by atoms with Gasteiger partial charge in [0.25, 0.3) is 0 Å². The number of aromatic nitrogens is 7. The van der Waals surface area contributed by atoms with E-state index in [1.165, 1.54) is 17.1 Å². The molecule has 0 bridgehead atoms. The second-order valence-corrected chi connectivity index (χ2v) is 32.0. The number of benzene rings is 6. The fraction of sp³-hybridized carbons (Fsp3) is 0.372. The summed E-state index contributed by atoms with van der Waals surface area (Å²) in [5, 5.41) is 42.2. The van der Waals surface area contributed by atoms with Crippen molar-refractivity contribution in [2.75, 3.05) is 189 Å². The predicted molar refractivity (Wildman–Crippen MR) is 471 cm³/mol. The maximum atomic E-state index is 12.3. The maximum Gasteiger partial charge on any atom is 0.222 e. The van der Waals surface area contributed by atoms with Gasteiger partial charge in [-0.15, -0.1) is 0 Å². The van der Waals surface area contributed by atoms with Crippen LogP contribution in [0, 0.1) is 45.8 Å². The number of likely N-dealkylation sites (tertiary alicyclic amines) is 1. The van der Waals surface area contributed by atoms with Crippen LogP contribution in [0.3, 0.4) is 0 Å². The highest BCUT2D eigenvalue weighted by atomic mass is 16.5. The number of pyridine rings is 1. The van der Waals surface area contributed by atoms with Crippen molar-refractivity contribution in [3.63, 3.8) is 0 Å². The van der Waals surface area contributed by atoms with Gasteiger partial charge in [-0.1, -0.05) is 0 Å². The number of hydrogen-bond acceptors (Lipinski definition) is 28. The summed E-state index contributed by atoms with van der Waals surface area (Å²) < 4.78 is 33.7. The quantitative estimate of drug-likeness (QED) is 0.0261. The molecule has 636 valence electrons. The smallest absolute Gasteiger partial charge is 0.222 e. The van der Waals surface area contributed by atoms with Gasteiger partial charge in [0.2, 0.25) is 11.8 Å². The number of ketones is 1. The fourth-order valence-corrected chi connectivity index (χ4v) is 16.0. The topological polar surface area (TPSA) is 339 Å². The highest BCUT2D eigenvalue weighted by Gasteiger charge is 2.33. The number of nitrogens with zero attached hydrogens (tertiary/aromatic N) is 17. The van der Waals surface area contributed by atoms with Crippen LogP contribution >= 0.6 is 0 Å². The summed E-state index contributed by atoms with van der Waals surface area (Å²) in [6.07, 6.45) is 11.9. The van der Waals surface area contributed by atoms with Gasteiger partial charge < -0.3 is 69.3 Å². The van der Waals surface area contributed by atoms with E-state index in [1.807, 2.05) is 43.4 Å². The number of carbonyl (C=O) groups is 3. The molecule has 0 saturated carbocycles. The third-order valence-corrected chi connectivity index (χ3v) is 23.8. The lowest BCUT2D eigenvalue weighted by Gasteiger charge is -2.43. The largest absolute Gasteiger partial charge is 0.492 e. The third kappa shape index (κ3) is 22.0. The number of nitrogens with one attached hydrogen (secondary N) is 4. The molecule has 124 heavy (non-hydrogen) atoms. The number of amides is 2. The number of nitriles is 3. The summed E-state index contributed by atoms with van der Waals surface area (Å²) in [7, 11) is 1.82. The molecule has 6 aromatic carbocycles. The van der Waals surface area contributed by atoms with Crippen LogP contribution in [0.4, 0.5) is 51.6 Å². The van der Waals surface area contributed by atoms with Crippen molar-refractivity contribution in [1.29, 1.82) is 15.8 Å². The molecule has 8 aliphatic rings. The number of anilines is 9. The van der Waals surface area contributed by atoms with Crippen LogP contribution in [0.5, 0.6) is 17.2 Å². The second kappa shape index (κ2) is 41.1. The van der Waals surface area contributed by atoms with Crippen LogP contribution in [0.15, 0.2) is 189 Å². The number of carbonyl (C=O) groups excluding carboxylic acids is 3. The summed E-state index contributed by atoms with van der Waals surface area (Å²) in [6.45, 7) is 20.3. The van der Waals surface area contributed by atoms with Crippen molar-refractivity contribution in [2.45, 2.75) is 56.7 Å². The lowest BCUT2D eigenvalue weighted by atomic mass is 9.97. The minimum atomic E-state index is 0.0166. The van der Waals surface area contributed by atoms with Crippen molar-refractivity contribution in [3.05, 3.63) is 211 Å². The molecule has 2 unspecified atom stereocenters. The van der Waals surface area contributed by atoms with E-state index < -0.39 is 0 Å². The van der Waals surface area contributed by atoms with E-state index in [-0.39, 0.29) is 29.4 Å². The first-order valence-electron chi connectivity index (χ1n) is 42.6. The number of hydrogen-bond donors (Lipinski definition) is 4. The number of ether oxygens (including phenoxy) is 6. The number of Topliss-reactive ketones (excluding diaryl/α,β-unsaturated/α-hetero) is 1. The van der Waals surface area contributed by atoms with Crippen molar-refractivity contribution in [3.8, 4) is 69.6 Å². The molecule has 4 N–H and O–H groups in total. The van der Waals surface area contributed by atoms with Crippen molar-refractivity contribution < 1.29 is 42.8 Å². The van der Waals surface area contributed by atoms with E-state index in [0.29, 0.717) is 150 Å². The summed E-state index contributed by atoms with van der Waals surface area (Å²) in [6, 6.07) is 58.8. The molecule has 2 atom stereocenters. The van der Waals surface area contributed by atoms with E-state index in [0.717, 1.165) is 166 Å². The Labute approximate surface area is 721 Å². The molecule has 12 heterocycles. The van der Waals surface area contributed by atoms with Gasteiger partial charge in [0.15, 0.2) is 23.3 Å². The van der Waals surface area contributed by atoms with Crippen LogP contribution in [0.25, 0.3) is 34.2 Å². The van der Waals surface area contributed by atoms with E-state index in [4.69, 9.17) is 28.4 Å². The third-order valence-electron chi connectivity index (χ3n) is 23.8. The maximum absolute atomic E-state index is 12.3. The Morgan fingerprint density at radius 2 is 0.887 bits per heavy atom. The minimum absolute atomic E-state index is 0.0166. The van der Waals surface area contributed by atoms with Gasteiger partial charge in [-0.3, -0.25) is 34.1 Å². The molecule has 10 aromatic rings. The standard InChI is InChI=1S/C33H33N7O3.C31H35N7O3.C30H33N7O3/c34-20-26-19-24(5-10-31(26)43-18-2-4-30(41)25-3-1-12-35-21-25)33-36-13-11-32(38-33)37-27-6-8-28(9-7-27)39-14-16-40(17-15-39)29-22-42-23-29;1-36-11-9-22(16-30(36)39)19-41-28-7-2-23(17-24(28)18-32)31-33-10-8-29(35-31)34-25-3-5-26(6-4-25)37-12-14-38(15-13-37)27-20-40-21-27;31-17-23-16-22(1-6-27(23)40-14-8-21-15-29(38)33-18-21)30-32-9-7-28(35-30)34-24-2-4-25(5-3-24)36-10-12-37(13-11-36)26-19-39-20-26/h1,3,5-13,19,21,29H,2,4,14-18,22-23H2,(H,36,37,38);2-8,10,17,22,27H,9,11-16,19-21H2,1H3,(H,33,34,35);1-7,9,16,21,26H,8,10-15,18-20H2,(H,33,38)(H,32,34,35). The van der Waals surface area contributed by atoms with E-state index >= 15 is 0 Å². The SMILES string of the molecule is CN1CCC(COc2ccc(-c3nccc(Nc4ccc(N5CCN(C6COC6)CC5)cc4)n3)cc2C#N)CC1=O.N#Cc1cc(-c2nccc(Nc3ccc(N4CCN(C5COC5)CC4)cc3)n2)ccc1OCCC1CNC(=O)C1.N#Cc1cc(-c2nccc(Nc3ccc(N4CCN(C5COC5)CC4)cc3)n2)ccc1OCCCC(=O)c1cccnc1. The fourth-order valence-electron chi connectivity index (χ4n) is 16.0. The molecule has 18 rings (SSSR count). The Kier molecular flexibility index (Phi) is 27.9. The van der Waals surface area contributed by atoms with Gasteiger partial charge in [0, 0.05) is 211 Å². The van der Waals surface area contributed by atoms with Crippen LogP contribution in [-0.4, -0.2) is 248 Å². The second-order valence-electron chi connectivity index (χ2n) is 32.0. The van der Waals surface area contributed by atoms with Crippen LogP contribution in [0.1, 0.15) is 65.6 Å². The number of piperazine rings is 3. The highest BCUT2D eigenvalue weighted by molar-refractivity contribution is 5.95. The first-order valence-corrected chi connectivity index (χ1v) is 42.6. The molecule has 0 radical (unpaired) electrons.